The number of nitrogens with zero attached hydrogens (tertiary/aromatic N) is 2. The third kappa shape index (κ3) is 3.85. The average Bonchev–Trinajstić information content (AvgIpc) is 2.74. The fourth-order valence-electron chi connectivity index (χ4n) is 3.75. The first-order valence-electron chi connectivity index (χ1n) is 9.68. The summed E-state index contributed by atoms with van der Waals surface area (Å²) in [4.78, 5) is 19.4. The number of ether oxygens (including phenoxy) is 1. The molecule has 0 spiro atoms. The fourth-order valence-corrected chi connectivity index (χ4v) is 3.75. The zero-order valence-electron chi connectivity index (χ0n) is 16.3. The van der Waals surface area contributed by atoms with E-state index in [1.54, 1.807) is 13.3 Å². The number of carbonyl (C=O) groups excluding carboxylic acids is 1. The Morgan fingerprint density at radius 3 is 2.79 bits per heavy atom. The lowest BCUT2D eigenvalue weighted by Gasteiger charge is -2.33. The number of aryl methyl sites for hydroxylation is 1. The van der Waals surface area contributed by atoms with Gasteiger partial charge in [0.2, 0.25) is 0 Å². The number of aromatic nitrogens is 1. The predicted molar refractivity (Wildman–Crippen MR) is 113 cm³/mol. The number of nitrogens with one attached hydrogen (secondary N) is 1. The number of carbonyl (C=O) groups is 1. The van der Waals surface area contributed by atoms with Gasteiger partial charge in [-0.15, -0.1) is 0 Å². The normalized spacial score (nSPS) is 16.9. The first-order chi connectivity index (χ1) is 13.6. The summed E-state index contributed by atoms with van der Waals surface area (Å²) in [5.74, 6) is -0.115. The minimum atomic E-state index is -0.115. The quantitative estimate of drug-likeness (QED) is 0.734. The molecule has 28 heavy (non-hydrogen) atoms. The van der Waals surface area contributed by atoms with Crippen LogP contribution in [0.3, 0.4) is 0 Å². The molecule has 3 aromatic rings. The number of amides is 1. The lowest BCUT2D eigenvalue weighted by atomic mass is 10.1. The molecule has 1 aromatic heterocycles. The minimum Gasteiger partial charge on any atom is -0.380 e. The number of piperidine rings is 1. The van der Waals surface area contributed by atoms with Crippen molar-refractivity contribution in [3.8, 4) is 0 Å². The Morgan fingerprint density at radius 1 is 1.18 bits per heavy atom. The highest BCUT2D eigenvalue weighted by atomic mass is 16.5. The van der Waals surface area contributed by atoms with Crippen LogP contribution in [0.4, 0.5) is 11.4 Å². The molecule has 144 valence electrons. The van der Waals surface area contributed by atoms with E-state index < -0.39 is 0 Å². The van der Waals surface area contributed by atoms with E-state index in [1.807, 2.05) is 43.3 Å². The number of anilines is 2. The Bertz CT molecular complexity index is 985. The van der Waals surface area contributed by atoms with Gasteiger partial charge in [-0.1, -0.05) is 0 Å². The van der Waals surface area contributed by atoms with Gasteiger partial charge in [-0.2, -0.15) is 0 Å². The number of pyridine rings is 1. The maximum absolute atomic E-state index is 12.7. The molecule has 5 nitrogen and oxygen atoms in total. The van der Waals surface area contributed by atoms with Crippen molar-refractivity contribution in [3.63, 3.8) is 0 Å². The van der Waals surface area contributed by atoms with Gasteiger partial charge in [0.25, 0.3) is 5.91 Å². The third-order valence-electron chi connectivity index (χ3n) is 5.42. The van der Waals surface area contributed by atoms with Crippen LogP contribution in [0.15, 0.2) is 54.7 Å². The highest BCUT2D eigenvalue weighted by Gasteiger charge is 2.19. The van der Waals surface area contributed by atoms with E-state index in [4.69, 9.17) is 4.74 Å². The van der Waals surface area contributed by atoms with Crippen molar-refractivity contribution < 1.29 is 9.53 Å². The van der Waals surface area contributed by atoms with Crippen molar-refractivity contribution in [2.24, 2.45) is 0 Å². The molecule has 0 bridgehead atoms. The maximum atomic E-state index is 12.7. The van der Waals surface area contributed by atoms with Gasteiger partial charge in [-0.3, -0.25) is 9.78 Å². The van der Waals surface area contributed by atoms with Gasteiger partial charge in [0.15, 0.2) is 0 Å². The van der Waals surface area contributed by atoms with E-state index in [1.165, 1.54) is 0 Å². The summed E-state index contributed by atoms with van der Waals surface area (Å²) in [6.45, 7) is 3.97. The van der Waals surface area contributed by atoms with E-state index in [0.717, 1.165) is 53.8 Å². The monoisotopic (exact) mass is 375 g/mol. The number of hydrogen-bond donors (Lipinski definition) is 1. The maximum Gasteiger partial charge on any atom is 0.255 e. The van der Waals surface area contributed by atoms with Crippen molar-refractivity contribution in [2.45, 2.75) is 25.9 Å². The van der Waals surface area contributed by atoms with Gasteiger partial charge in [-0.05, 0) is 73.9 Å². The molecule has 1 unspecified atom stereocenters. The molecular weight excluding hydrogens is 350 g/mol. The average molecular weight is 375 g/mol. The first kappa shape index (κ1) is 18.4. The van der Waals surface area contributed by atoms with Gasteiger partial charge in [0.05, 0.1) is 11.6 Å². The Labute approximate surface area is 165 Å². The molecule has 1 fully saturated rings. The summed E-state index contributed by atoms with van der Waals surface area (Å²) in [5.41, 5.74) is 4.59. The van der Waals surface area contributed by atoms with Crippen LogP contribution in [-0.4, -0.2) is 37.2 Å². The van der Waals surface area contributed by atoms with Crippen molar-refractivity contribution >= 4 is 28.2 Å². The molecule has 0 radical (unpaired) electrons. The lowest BCUT2D eigenvalue weighted by molar-refractivity contribution is 0.0893. The minimum absolute atomic E-state index is 0.115. The van der Waals surface area contributed by atoms with E-state index >= 15 is 0 Å². The molecule has 2 aromatic carbocycles. The highest BCUT2D eigenvalue weighted by molar-refractivity contribution is 6.06. The second-order valence-corrected chi connectivity index (χ2v) is 7.31. The molecule has 1 N–H and O–H groups in total. The summed E-state index contributed by atoms with van der Waals surface area (Å²) >= 11 is 0. The topological polar surface area (TPSA) is 54.5 Å². The smallest absolute Gasteiger partial charge is 0.255 e. The fraction of sp³-hybridized carbons (Fsp3) is 0.304. The van der Waals surface area contributed by atoms with Gasteiger partial charge >= 0.3 is 0 Å². The van der Waals surface area contributed by atoms with Crippen molar-refractivity contribution in [2.75, 3.05) is 30.4 Å². The third-order valence-corrected chi connectivity index (χ3v) is 5.42. The standard InChI is InChI=1S/C23H25N3O2/c1-16-11-12-24-22-10-5-17(14-21(16)22)23(27)25-18-6-8-19(9-7-18)26-13-3-4-20(15-26)28-2/h5-12,14,20H,3-4,13,15H2,1-2H3,(H,25,27). The van der Waals surface area contributed by atoms with Gasteiger partial charge < -0.3 is 15.0 Å². The van der Waals surface area contributed by atoms with E-state index in [2.05, 4.69) is 27.3 Å². The van der Waals surface area contributed by atoms with E-state index in [0.29, 0.717) is 11.7 Å². The SMILES string of the molecule is COC1CCCN(c2ccc(NC(=O)c3ccc4nccc(C)c4c3)cc2)C1. The van der Waals surface area contributed by atoms with Crippen molar-refractivity contribution in [1.29, 1.82) is 0 Å². The zero-order valence-corrected chi connectivity index (χ0v) is 16.3. The number of benzene rings is 2. The van der Waals surface area contributed by atoms with Gasteiger partial charge in [0.1, 0.15) is 0 Å². The lowest BCUT2D eigenvalue weighted by Crippen LogP contribution is -2.39. The molecule has 5 heteroatoms. The Morgan fingerprint density at radius 2 is 2.00 bits per heavy atom. The molecule has 1 aliphatic rings. The Kier molecular flexibility index (Phi) is 5.26. The number of methoxy groups -OCH3 is 1. The van der Waals surface area contributed by atoms with Crippen LogP contribution in [0.25, 0.3) is 10.9 Å². The summed E-state index contributed by atoms with van der Waals surface area (Å²) in [6, 6.07) is 15.6. The van der Waals surface area contributed by atoms with Crippen molar-refractivity contribution in [1.82, 2.24) is 4.98 Å². The molecule has 1 atom stereocenters. The summed E-state index contributed by atoms with van der Waals surface area (Å²) in [6.07, 6.45) is 4.32. The molecule has 2 heterocycles. The highest BCUT2D eigenvalue weighted by Crippen LogP contribution is 2.24. The van der Waals surface area contributed by atoms with Crippen LogP contribution in [0.1, 0.15) is 28.8 Å². The molecule has 4 rings (SSSR count). The van der Waals surface area contributed by atoms with Crippen LogP contribution >= 0.6 is 0 Å². The predicted octanol–water partition coefficient (Wildman–Crippen LogP) is 4.41. The summed E-state index contributed by atoms with van der Waals surface area (Å²) < 4.78 is 5.50. The van der Waals surface area contributed by atoms with Crippen LogP contribution in [0.5, 0.6) is 0 Å². The molecule has 0 aliphatic carbocycles. The molecule has 0 saturated carbocycles. The molecule has 1 amide bonds. The largest absolute Gasteiger partial charge is 0.380 e. The Hall–Kier alpha value is -2.92. The second-order valence-electron chi connectivity index (χ2n) is 7.31. The molecule has 1 saturated heterocycles. The van der Waals surface area contributed by atoms with Crippen LogP contribution in [0.2, 0.25) is 0 Å². The first-order valence-corrected chi connectivity index (χ1v) is 9.68. The van der Waals surface area contributed by atoms with Gasteiger partial charge in [0, 0.05) is 48.7 Å². The van der Waals surface area contributed by atoms with Crippen LogP contribution in [0, 0.1) is 6.92 Å². The van der Waals surface area contributed by atoms with E-state index in [-0.39, 0.29) is 5.91 Å². The van der Waals surface area contributed by atoms with E-state index in [9.17, 15) is 4.79 Å². The van der Waals surface area contributed by atoms with Crippen LogP contribution in [-0.2, 0) is 4.74 Å². The number of rotatable bonds is 4. The summed E-state index contributed by atoms with van der Waals surface area (Å²) in [5, 5.41) is 3.99. The second kappa shape index (κ2) is 7.98. The Balaban J connectivity index is 1.47. The van der Waals surface area contributed by atoms with Gasteiger partial charge in [-0.25, -0.2) is 0 Å². The number of hydrogen-bond acceptors (Lipinski definition) is 4. The summed E-state index contributed by atoms with van der Waals surface area (Å²) in [7, 11) is 1.77. The van der Waals surface area contributed by atoms with Crippen LogP contribution < -0.4 is 10.2 Å². The zero-order chi connectivity index (χ0) is 19.5. The van der Waals surface area contributed by atoms with Crippen molar-refractivity contribution in [3.05, 3.63) is 65.9 Å². The molecule has 1 aliphatic heterocycles. The number of fused-ring (bicyclic) bond motifs is 1. The molecular formula is C23H25N3O2.